The molecule has 0 radical (unpaired) electrons. The summed E-state index contributed by atoms with van der Waals surface area (Å²) in [4.78, 5) is 2.70. The van der Waals surface area contributed by atoms with Gasteiger partial charge in [-0.25, -0.2) is 0 Å². The second-order valence-electron chi connectivity index (χ2n) is 6.12. The number of nitrogens with one attached hydrogen (secondary N) is 1. The summed E-state index contributed by atoms with van der Waals surface area (Å²) in [6, 6.07) is 0.607. The van der Waals surface area contributed by atoms with Crippen LogP contribution in [0.5, 0.6) is 0 Å². The van der Waals surface area contributed by atoms with E-state index in [-0.39, 0.29) is 5.54 Å². The monoisotopic (exact) mass is 240 g/mol. The van der Waals surface area contributed by atoms with Gasteiger partial charge in [-0.3, -0.25) is 4.90 Å². The highest BCUT2D eigenvalue weighted by molar-refractivity contribution is 4.96. The molecule has 0 aliphatic carbocycles. The van der Waals surface area contributed by atoms with Gasteiger partial charge in [0.25, 0.3) is 0 Å². The number of rotatable bonds is 6. The highest BCUT2D eigenvalue weighted by Crippen LogP contribution is 2.28. The smallest absolute Gasteiger partial charge is 0.0308 e. The fourth-order valence-corrected chi connectivity index (χ4v) is 3.27. The number of likely N-dealkylation sites (tertiary alicyclic amines) is 1. The van der Waals surface area contributed by atoms with E-state index >= 15 is 0 Å². The molecule has 2 heteroatoms. The third kappa shape index (κ3) is 3.69. The van der Waals surface area contributed by atoms with Gasteiger partial charge >= 0.3 is 0 Å². The third-order valence-electron chi connectivity index (χ3n) is 4.57. The molecule has 0 aromatic rings. The van der Waals surface area contributed by atoms with Crippen molar-refractivity contribution in [2.24, 2.45) is 5.92 Å². The van der Waals surface area contributed by atoms with Crippen LogP contribution in [-0.4, -0.2) is 36.1 Å². The molecule has 0 amide bonds. The van der Waals surface area contributed by atoms with Crippen LogP contribution in [0.25, 0.3) is 0 Å². The van der Waals surface area contributed by atoms with Crippen LogP contribution in [0.2, 0.25) is 0 Å². The minimum atomic E-state index is 0.284. The zero-order chi connectivity index (χ0) is 12.9. The standard InChI is InChI=1S/C15H32N2/c1-6-13(3)14(16-7-2)15(4,5)17-11-9-8-10-12-17/h13-14,16H,6-12H2,1-5H3. The van der Waals surface area contributed by atoms with Gasteiger partial charge in [-0.1, -0.05) is 33.6 Å². The second kappa shape index (κ2) is 6.75. The molecule has 1 fully saturated rings. The van der Waals surface area contributed by atoms with E-state index in [9.17, 15) is 0 Å². The van der Waals surface area contributed by atoms with Gasteiger partial charge in [0, 0.05) is 11.6 Å². The molecule has 0 aromatic heterocycles. The number of hydrogen-bond acceptors (Lipinski definition) is 2. The number of hydrogen-bond donors (Lipinski definition) is 1. The summed E-state index contributed by atoms with van der Waals surface area (Å²) < 4.78 is 0. The van der Waals surface area contributed by atoms with E-state index in [2.05, 4.69) is 44.8 Å². The summed E-state index contributed by atoms with van der Waals surface area (Å²) in [5.41, 5.74) is 0.284. The first-order valence-electron chi connectivity index (χ1n) is 7.52. The molecular formula is C15H32N2. The van der Waals surface area contributed by atoms with Gasteiger partial charge in [0.2, 0.25) is 0 Å². The Hall–Kier alpha value is -0.0800. The van der Waals surface area contributed by atoms with Gasteiger partial charge in [-0.2, -0.15) is 0 Å². The van der Waals surface area contributed by atoms with E-state index in [0.29, 0.717) is 6.04 Å². The van der Waals surface area contributed by atoms with E-state index in [0.717, 1.165) is 12.5 Å². The predicted molar refractivity (Wildman–Crippen MR) is 76.4 cm³/mol. The SMILES string of the molecule is CCNC(C(C)CC)C(C)(C)N1CCCCC1. The summed E-state index contributed by atoms with van der Waals surface area (Å²) >= 11 is 0. The third-order valence-corrected chi connectivity index (χ3v) is 4.57. The van der Waals surface area contributed by atoms with Crippen LogP contribution in [0.3, 0.4) is 0 Å². The highest BCUT2D eigenvalue weighted by atomic mass is 15.2. The van der Waals surface area contributed by atoms with Crippen LogP contribution in [0.1, 0.15) is 60.3 Å². The molecule has 2 unspecified atom stereocenters. The van der Waals surface area contributed by atoms with Crippen LogP contribution in [-0.2, 0) is 0 Å². The zero-order valence-electron chi connectivity index (χ0n) is 12.6. The van der Waals surface area contributed by atoms with E-state index in [1.807, 2.05) is 0 Å². The Morgan fingerprint density at radius 1 is 1.12 bits per heavy atom. The summed E-state index contributed by atoms with van der Waals surface area (Å²) in [5.74, 6) is 0.742. The molecule has 0 spiro atoms. The first-order chi connectivity index (χ1) is 8.04. The maximum absolute atomic E-state index is 3.73. The Morgan fingerprint density at radius 3 is 2.18 bits per heavy atom. The number of piperidine rings is 1. The van der Waals surface area contributed by atoms with E-state index in [1.165, 1.54) is 38.8 Å². The maximum Gasteiger partial charge on any atom is 0.0308 e. The molecule has 0 bridgehead atoms. The van der Waals surface area contributed by atoms with Crippen LogP contribution in [0, 0.1) is 5.92 Å². The first-order valence-corrected chi connectivity index (χ1v) is 7.52. The van der Waals surface area contributed by atoms with Gasteiger partial charge in [-0.15, -0.1) is 0 Å². The van der Waals surface area contributed by atoms with Crippen LogP contribution >= 0.6 is 0 Å². The maximum atomic E-state index is 3.73. The summed E-state index contributed by atoms with van der Waals surface area (Å²) in [7, 11) is 0. The molecule has 17 heavy (non-hydrogen) atoms. The lowest BCUT2D eigenvalue weighted by Gasteiger charge is -2.48. The quantitative estimate of drug-likeness (QED) is 0.766. The molecule has 1 heterocycles. The molecule has 102 valence electrons. The molecule has 1 aliphatic rings. The Morgan fingerprint density at radius 2 is 1.71 bits per heavy atom. The first kappa shape index (κ1) is 15.0. The van der Waals surface area contributed by atoms with Gasteiger partial charge in [-0.05, 0) is 52.2 Å². The van der Waals surface area contributed by atoms with Crippen LogP contribution in [0.4, 0.5) is 0 Å². The molecule has 1 N–H and O–H groups in total. The van der Waals surface area contributed by atoms with Crippen molar-refractivity contribution in [2.45, 2.75) is 71.9 Å². The molecule has 2 atom stereocenters. The van der Waals surface area contributed by atoms with Crippen molar-refractivity contribution in [1.82, 2.24) is 10.2 Å². The van der Waals surface area contributed by atoms with Gasteiger partial charge in [0.15, 0.2) is 0 Å². The zero-order valence-corrected chi connectivity index (χ0v) is 12.6. The van der Waals surface area contributed by atoms with E-state index < -0.39 is 0 Å². The normalized spacial score (nSPS) is 22.4. The Balaban J connectivity index is 2.73. The van der Waals surface area contributed by atoms with E-state index in [4.69, 9.17) is 0 Å². The summed E-state index contributed by atoms with van der Waals surface area (Å²) in [6.07, 6.45) is 5.43. The second-order valence-corrected chi connectivity index (χ2v) is 6.12. The molecule has 1 saturated heterocycles. The topological polar surface area (TPSA) is 15.3 Å². The number of likely N-dealkylation sites (N-methyl/N-ethyl adjacent to an activating group) is 1. The van der Waals surface area contributed by atoms with Crippen molar-refractivity contribution in [2.75, 3.05) is 19.6 Å². The highest BCUT2D eigenvalue weighted by Gasteiger charge is 2.37. The summed E-state index contributed by atoms with van der Waals surface area (Å²) in [5, 5.41) is 3.73. The van der Waals surface area contributed by atoms with Crippen molar-refractivity contribution < 1.29 is 0 Å². The Labute approximate surface area is 108 Å². The van der Waals surface area contributed by atoms with Gasteiger partial charge in [0.1, 0.15) is 0 Å². The van der Waals surface area contributed by atoms with Crippen molar-refractivity contribution in [3.63, 3.8) is 0 Å². The van der Waals surface area contributed by atoms with Crippen molar-refractivity contribution in [1.29, 1.82) is 0 Å². The molecule has 2 nitrogen and oxygen atoms in total. The molecule has 0 aromatic carbocycles. The summed E-state index contributed by atoms with van der Waals surface area (Å²) in [6.45, 7) is 15.4. The Kier molecular flexibility index (Phi) is 5.94. The van der Waals surface area contributed by atoms with Crippen LogP contribution in [0.15, 0.2) is 0 Å². The average molecular weight is 240 g/mol. The van der Waals surface area contributed by atoms with Crippen LogP contribution < -0.4 is 5.32 Å². The predicted octanol–water partition coefficient (Wildman–Crippen LogP) is 3.28. The fourth-order valence-electron chi connectivity index (χ4n) is 3.27. The lowest BCUT2D eigenvalue weighted by Crippen LogP contribution is -2.61. The lowest BCUT2D eigenvalue weighted by molar-refractivity contribution is 0.0427. The van der Waals surface area contributed by atoms with Gasteiger partial charge < -0.3 is 5.32 Å². The molecular weight excluding hydrogens is 208 g/mol. The van der Waals surface area contributed by atoms with Gasteiger partial charge in [0.05, 0.1) is 0 Å². The average Bonchev–Trinajstić information content (AvgIpc) is 2.36. The minimum absolute atomic E-state index is 0.284. The largest absolute Gasteiger partial charge is 0.312 e. The van der Waals surface area contributed by atoms with Crippen molar-refractivity contribution in [3.05, 3.63) is 0 Å². The van der Waals surface area contributed by atoms with Crippen molar-refractivity contribution in [3.8, 4) is 0 Å². The van der Waals surface area contributed by atoms with E-state index in [1.54, 1.807) is 0 Å². The fraction of sp³-hybridized carbons (Fsp3) is 1.00. The molecule has 1 rings (SSSR count). The Bertz CT molecular complexity index is 207. The molecule has 0 saturated carbocycles. The van der Waals surface area contributed by atoms with Crippen molar-refractivity contribution >= 4 is 0 Å². The number of nitrogens with zero attached hydrogens (tertiary/aromatic N) is 1. The molecule has 1 aliphatic heterocycles. The lowest BCUT2D eigenvalue weighted by atomic mass is 9.81. The minimum Gasteiger partial charge on any atom is -0.312 e.